The van der Waals surface area contributed by atoms with E-state index in [1.54, 1.807) is 0 Å². The molecule has 3 aliphatic heterocycles. The molecule has 5 nitrogen and oxygen atoms in total. The molecule has 0 spiro atoms. The molecular weight excluding hydrogens is 388 g/mol. The molecule has 164 valence electrons. The van der Waals surface area contributed by atoms with Crippen LogP contribution in [0.4, 0.5) is 4.79 Å². The van der Waals surface area contributed by atoms with Gasteiger partial charge < -0.3 is 14.8 Å². The highest BCUT2D eigenvalue weighted by Gasteiger charge is 2.37. The van der Waals surface area contributed by atoms with Crippen LogP contribution in [0.2, 0.25) is 0 Å². The van der Waals surface area contributed by atoms with Gasteiger partial charge in [0, 0.05) is 6.54 Å². The van der Waals surface area contributed by atoms with Crippen molar-refractivity contribution in [1.82, 2.24) is 10.2 Å². The predicted octanol–water partition coefficient (Wildman–Crippen LogP) is 4.95. The fourth-order valence-corrected chi connectivity index (χ4v) is 5.40. The van der Waals surface area contributed by atoms with Gasteiger partial charge in [0.15, 0.2) is 0 Å². The van der Waals surface area contributed by atoms with E-state index in [1.807, 2.05) is 19.1 Å². The number of nitrogens with one attached hydrogen (secondary N) is 1. The van der Waals surface area contributed by atoms with Crippen LogP contribution in [-0.4, -0.2) is 43.3 Å². The molecule has 0 radical (unpaired) electrons. The van der Waals surface area contributed by atoms with Crippen LogP contribution in [0.5, 0.6) is 5.75 Å². The molecule has 3 saturated heterocycles. The molecule has 2 bridgehead atoms. The lowest BCUT2D eigenvalue weighted by molar-refractivity contribution is -0.0340. The molecule has 5 heteroatoms. The molecule has 3 heterocycles. The molecular formula is C26H32N2O3. The van der Waals surface area contributed by atoms with E-state index in [4.69, 9.17) is 9.47 Å². The molecule has 2 atom stereocenters. The Morgan fingerprint density at radius 2 is 1.84 bits per heavy atom. The summed E-state index contributed by atoms with van der Waals surface area (Å²) in [7, 11) is 0. The van der Waals surface area contributed by atoms with Gasteiger partial charge in [-0.1, -0.05) is 24.3 Å². The summed E-state index contributed by atoms with van der Waals surface area (Å²) in [6, 6.07) is 14.9. The molecule has 2 aromatic carbocycles. The number of hydrogen-bond acceptors (Lipinski definition) is 4. The number of carbonyl (C=O) groups excluding carboxylic acids is 1. The van der Waals surface area contributed by atoms with Crippen LogP contribution in [-0.2, 0) is 11.2 Å². The molecule has 6 rings (SSSR count). The van der Waals surface area contributed by atoms with Crippen LogP contribution in [0.25, 0.3) is 11.1 Å². The Morgan fingerprint density at radius 1 is 1.06 bits per heavy atom. The van der Waals surface area contributed by atoms with Crippen molar-refractivity contribution in [2.45, 2.75) is 51.2 Å². The quantitative estimate of drug-likeness (QED) is 0.744. The van der Waals surface area contributed by atoms with Crippen LogP contribution in [0.1, 0.15) is 49.8 Å². The fraction of sp³-hybridized carbons (Fsp3) is 0.500. The van der Waals surface area contributed by atoms with Crippen molar-refractivity contribution in [1.29, 1.82) is 0 Å². The van der Waals surface area contributed by atoms with Crippen LogP contribution >= 0.6 is 0 Å². The van der Waals surface area contributed by atoms with Gasteiger partial charge in [0.2, 0.25) is 0 Å². The molecule has 1 aliphatic carbocycles. The van der Waals surface area contributed by atoms with E-state index in [-0.39, 0.29) is 18.2 Å². The van der Waals surface area contributed by atoms with Crippen molar-refractivity contribution in [3.63, 3.8) is 0 Å². The summed E-state index contributed by atoms with van der Waals surface area (Å²) in [6.45, 7) is 5.85. The average Bonchev–Trinajstić information content (AvgIpc) is 2.80. The number of rotatable bonds is 5. The van der Waals surface area contributed by atoms with Gasteiger partial charge in [-0.05, 0) is 98.5 Å². The maximum Gasteiger partial charge on any atom is 0.407 e. The lowest BCUT2D eigenvalue weighted by Gasteiger charge is -2.44. The second kappa shape index (κ2) is 8.91. The molecule has 0 aromatic heterocycles. The first kappa shape index (κ1) is 20.4. The molecule has 1 N–H and O–H groups in total. The zero-order chi connectivity index (χ0) is 21.2. The fourth-order valence-electron chi connectivity index (χ4n) is 5.40. The first-order valence-corrected chi connectivity index (χ1v) is 11.7. The Morgan fingerprint density at radius 3 is 2.55 bits per heavy atom. The van der Waals surface area contributed by atoms with Crippen molar-refractivity contribution >= 4 is 6.09 Å². The van der Waals surface area contributed by atoms with Gasteiger partial charge in [0.1, 0.15) is 11.9 Å². The van der Waals surface area contributed by atoms with Crippen LogP contribution in [0, 0.1) is 5.92 Å². The van der Waals surface area contributed by atoms with Crippen molar-refractivity contribution in [3.8, 4) is 16.9 Å². The molecule has 1 amide bonds. The van der Waals surface area contributed by atoms with Crippen molar-refractivity contribution < 1.29 is 14.3 Å². The first-order chi connectivity index (χ1) is 15.2. The maximum atomic E-state index is 12.8. The number of aryl methyl sites for hydroxylation is 1. The van der Waals surface area contributed by atoms with Gasteiger partial charge in [-0.3, -0.25) is 4.90 Å². The Labute approximate surface area is 184 Å². The summed E-state index contributed by atoms with van der Waals surface area (Å²) in [5.41, 5.74) is 4.88. The highest BCUT2D eigenvalue weighted by atomic mass is 16.6. The first-order valence-electron chi connectivity index (χ1n) is 11.7. The molecule has 3 fully saturated rings. The van der Waals surface area contributed by atoms with Gasteiger partial charge in [0.05, 0.1) is 12.6 Å². The lowest BCUT2D eigenvalue weighted by Crippen LogP contribution is -2.52. The van der Waals surface area contributed by atoms with Gasteiger partial charge in [-0.15, -0.1) is 0 Å². The van der Waals surface area contributed by atoms with Crippen molar-refractivity contribution in [3.05, 3.63) is 53.6 Å². The van der Waals surface area contributed by atoms with E-state index < -0.39 is 0 Å². The van der Waals surface area contributed by atoms with Gasteiger partial charge in [-0.2, -0.15) is 0 Å². The summed E-state index contributed by atoms with van der Waals surface area (Å²) in [4.78, 5) is 15.2. The number of amides is 1. The van der Waals surface area contributed by atoms with Crippen LogP contribution in [0.3, 0.4) is 0 Å². The third-order valence-electron chi connectivity index (χ3n) is 7.11. The standard InChI is InChI=1S/C26H32N2O3/c1-2-30-22-10-8-18(9-11-22)21-7-6-19-4-3-5-24(23(19)16-21)27-26(29)31-25-17-28-14-12-20(25)13-15-28/h6-11,16,20,24-25H,2-5,12-15,17H2,1H3,(H,27,29)/t24?,25-/m0/s1. The Kier molecular flexibility index (Phi) is 5.86. The highest BCUT2D eigenvalue weighted by Crippen LogP contribution is 2.34. The number of hydrogen-bond donors (Lipinski definition) is 1. The minimum absolute atomic E-state index is 0.0139. The van der Waals surface area contributed by atoms with E-state index >= 15 is 0 Å². The summed E-state index contributed by atoms with van der Waals surface area (Å²) in [5, 5.41) is 3.19. The zero-order valence-corrected chi connectivity index (χ0v) is 18.3. The average molecular weight is 421 g/mol. The van der Waals surface area contributed by atoms with Gasteiger partial charge >= 0.3 is 6.09 Å². The number of alkyl carbamates (subject to hydrolysis) is 1. The predicted molar refractivity (Wildman–Crippen MR) is 121 cm³/mol. The smallest absolute Gasteiger partial charge is 0.407 e. The number of piperidine rings is 3. The number of ether oxygens (including phenoxy) is 2. The Bertz CT molecular complexity index is 919. The number of nitrogens with zero attached hydrogens (tertiary/aromatic N) is 1. The number of carbonyl (C=O) groups is 1. The SMILES string of the molecule is CCOc1ccc(-c2ccc3c(c2)C(NC(=O)O[C@H]2CN4CCC2CC4)CCC3)cc1. The van der Waals surface area contributed by atoms with Crippen molar-refractivity contribution in [2.24, 2.45) is 5.92 Å². The molecule has 1 unspecified atom stereocenters. The van der Waals surface area contributed by atoms with Gasteiger partial charge in [0.25, 0.3) is 0 Å². The summed E-state index contributed by atoms with van der Waals surface area (Å²) in [5.74, 6) is 1.42. The summed E-state index contributed by atoms with van der Waals surface area (Å²) in [6.07, 6.45) is 5.18. The minimum atomic E-state index is -0.261. The van der Waals surface area contributed by atoms with E-state index in [2.05, 4.69) is 40.5 Å². The van der Waals surface area contributed by atoms with E-state index in [0.717, 1.165) is 63.1 Å². The maximum absolute atomic E-state index is 12.8. The zero-order valence-electron chi connectivity index (χ0n) is 18.3. The third kappa shape index (κ3) is 4.42. The minimum Gasteiger partial charge on any atom is -0.494 e. The Hall–Kier alpha value is -2.53. The molecule has 31 heavy (non-hydrogen) atoms. The normalized spacial score (nSPS) is 26.7. The number of benzene rings is 2. The van der Waals surface area contributed by atoms with Crippen LogP contribution < -0.4 is 10.1 Å². The summed E-state index contributed by atoms with van der Waals surface area (Å²) < 4.78 is 11.5. The third-order valence-corrected chi connectivity index (χ3v) is 7.11. The Balaban J connectivity index is 1.29. The van der Waals surface area contributed by atoms with Crippen molar-refractivity contribution in [2.75, 3.05) is 26.2 Å². The van der Waals surface area contributed by atoms with E-state index in [9.17, 15) is 4.79 Å². The largest absolute Gasteiger partial charge is 0.494 e. The lowest BCUT2D eigenvalue weighted by atomic mass is 9.85. The van der Waals surface area contributed by atoms with Crippen LogP contribution in [0.15, 0.2) is 42.5 Å². The molecule has 0 saturated carbocycles. The monoisotopic (exact) mass is 420 g/mol. The second-order valence-corrected chi connectivity index (χ2v) is 9.04. The van der Waals surface area contributed by atoms with E-state index in [1.165, 1.54) is 16.7 Å². The molecule has 4 aliphatic rings. The second-order valence-electron chi connectivity index (χ2n) is 9.04. The summed E-state index contributed by atoms with van der Waals surface area (Å²) >= 11 is 0. The topological polar surface area (TPSA) is 50.8 Å². The number of fused-ring (bicyclic) bond motifs is 4. The van der Waals surface area contributed by atoms with Gasteiger partial charge in [-0.25, -0.2) is 4.79 Å². The highest BCUT2D eigenvalue weighted by molar-refractivity contribution is 5.70. The molecule has 2 aromatic rings. The van der Waals surface area contributed by atoms with E-state index in [0.29, 0.717) is 12.5 Å².